The van der Waals surface area contributed by atoms with Crippen molar-refractivity contribution in [1.29, 1.82) is 0 Å². The lowest BCUT2D eigenvalue weighted by atomic mass is 10.3. The molecule has 1 unspecified atom stereocenters. The van der Waals surface area contributed by atoms with Crippen LogP contribution in [0.5, 0.6) is 0 Å². The van der Waals surface area contributed by atoms with Crippen LogP contribution in [-0.4, -0.2) is 16.3 Å². The molecule has 1 aromatic heterocycles. The third-order valence-corrected chi connectivity index (χ3v) is 4.96. The van der Waals surface area contributed by atoms with E-state index in [4.69, 9.17) is 5.73 Å². The van der Waals surface area contributed by atoms with E-state index in [9.17, 15) is 10.0 Å². The van der Waals surface area contributed by atoms with E-state index in [1.165, 1.54) is 11.3 Å². The van der Waals surface area contributed by atoms with Crippen LogP contribution in [0, 0.1) is 0 Å². The SMILES string of the molecule is CC(c1ccc(Sc2ccccc2)s1)N(O)C(N)=O. The summed E-state index contributed by atoms with van der Waals surface area (Å²) in [4.78, 5) is 13.0. The van der Waals surface area contributed by atoms with E-state index in [1.807, 2.05) is 42.5 Å². The van der Waals surface area contributed by atoms with Crippen molar-refractivity contribution in [3.8, 4) is 0 Å². The maximum Gasteiger partial charge on any atom is 0.339 e. The molecule has 0 aliphatic heterocycles. The number of primary amides is 1. The van der Waals surface area contributed by atoms with E-state index in [0.29, 0.717) is 5.06 Å². The highest BCUT2D eigenvalue weighted by atomic mass is 32.2. The fourth-order valence-corrected chi connectivity index (χ4v) is 3.71. The molecular weight excluding hydrogens is 280 g/mol. The van der Waals surface area contributed by atoms with Gasteiger partial charge >= 0.3 is 6.03 Å². The Kier molecular flexibility index (Phi) is 4.47. The molecule has 1 atom stereocenters. The predicted molar refractivity (Wildman–Crippen MR) is 76.5 cm³/mol. The van der Waals surface area contributed by atoms with Gasteiger partial charge in [-0.2, -0.15) is 5.06 Å². The number of urea groups is 1. The normalized spacial score (nSPS) is 12.1. The van der Waals surface area contributed by atoms with Crippen molar-refractivity contribution >= 4 is 29.1 Å². The average Bonchev–Trinajstić information content (AvgIpc) is 2.86. The van der Waals surface area contributed by atoms with Gasteiger partial charge in [0.15, 0.2) is 0 Å². The minimum atomic E-state index is -0.849. The van der Waals surface area contributed by atoms with Crippen LogP contribution >= 0.6 is 23.1 Å². The van der Waals surface area contributed by atoms with Crippen LogP contribution < -0.4 is 5.73 Å². The fourth-order valence-electron chi connectivity index (χ4n) is 1.53. The Bertz CT molecular complexity index is 557. The van der Waals surface area contributed by atoms with Gasteiger partial charge in [-0.1, -0.05) is 30.0 Å². The molecule has 100 valence electrons. The lowest BCUT2D eigenvalue weighted by Crippen LogP contribution is -2.34. The number of carbonyl (C=O) groups excluding carboxylic acids is 1. The summed E-state index contributed by atoms with van der Waals surface area (Å²) >= 11 is 3.18. The summed E-state index contributed by atoms with van der Waals surface area (Å²) in [6.07, 6.45) is 0. The first-order chi connectivity index (χ1) is 9.08. The number of hydroxylamine groups is 2. The maximum atomic E-state index is 10.9. The van der Waals surface area contributed by atoms with Gasteiger partial charge in [0.1, 0.15) is 0 Å². The molecule has 1 aromatic carbocycles. The molecule has 6 heteroatoms. The Morgan fingerprint density at radius 2 is 2.00 bits per heavy atom. The minimum Gasteiger partial charge on any atom is -0.350 e. The molecule has 2 aromatic rings. The van der Waals surface area contributed by atoms with Gasteiger partial charge in [-0.15, -0.1) is 11.3 Å². The predicted octanol–water partition coefficient (Wildman–Crippen LogP) is 3.73. The smallest absolute Gasteiger partial charge is 0.339 e. The topological polar surface area (TPSA) is 66.6 Å². The zero-order valence-electron chi connectivity index (χ0n) is 10.3. The summed E-state index contributed by atoms with van der Waals surface area (Å²) in [6.45, 7) is 1.73. The number of amides is 2. The second-order valence-electron chi connectivity index (χ2n) is 3.93. The first-order valence-electron chi connectivity index (χ1n) is 5.68. The number of rotatable bonds is 4. The zero-order valence-corrected chi connectivity index (χ0v) is 11.9. The van der Waals surface area contributed by atoms with Crippen molar-refractivity contribution in [1.82, 2.24) is 5.06 Å². The van der Waals surface area contributed by atoms with Crippen LogP contribution in [-0.2, 0) is 0 Å². The minimum absolute atomic E-state index is 0.437. The van der Waals surface area contributed by atoms with Crippen molar-refractivity contribution in [3.05, 3.63) is 47.3 Å². The zero-order chi connectivity index (χ0) is 13.8. The number of hydrogen-bond donors (Lipinski definition) is 2. The molecule has 19 heavy (non-hydrogen) atoms. The van der Waals surface area contributed by atoms with Crippen LogP contribution in [0.25, 0.3) is 0 Å². The summed E-state index contributed by atoms with van der Waals surface area (Å²) in [5.41, 5.74) is 5.04. The molecule has 0 aliphatic carbocycles. The number of thiophene rings is 1. The van der Waals surface area contributed by atoms with Crippen molar-refractivity contribution in [2.75, 3.05) is 0 Å². The molecule has 3 N–H and O–H groups in total. The van der Waals surface area contributed by atoms with Gasteiger partial charge in [-0.05, 0) is 31.2 Å². The summed E-state index contributed by atoms with van der Waals surface area (Å²) < 4.78 is 1.10. The van der Waals surface area contributed by atoms with Gasteiger partial charge in [0, 0.05) is 9.77 Å². The van der Waals surface area contributed by atoms with Gasteiger partial charge in [0.05, 0.1) is 10.3 Å². The van der Waals surface area contributed by atoms with Crippen molar-refractivity contribution < 1.29 is 10.0 Å². The highest BCUT2D eigenvalue weighted by Gasteiger charge is 2.18. The number of benzene rings is 1. The largest absolute Gasteiger partial charge is 0.350 e. The molecule has 2 amide bonds. The number of nitrogens with zero attached hydrogens (tertiary/aromatic N) is 1. The Balaban J connectivity index is 2.09. The van der Waals surface area contributed by atoms with Gasteiger partial charge < -0.3 is 5.73 Å². The molecule has 4 nitrogen and oxygen atoms in total. The second kappa shape index (κ2) is 6.10. The summed E-state index contributed by atoms with van der Waals surface area (Å²) in [5.74, 6) is 0. The average molecular weight is 294 g/mol. The van der Waals surface area contributed by atoms with E-state index in [2.05, 4.69) is 0 Å². The Hall–Kier alpha value is -1.50. The maximum absolute atomic E-state index is 10.9. The van der Waals surface area contributed by atoms with Crippen LogP contribution in [0.2, 0.25) is 0 Å². The molecule has 0 saturated carbocycles. The molecular formula is C13H14N2O2S2. The molecule has 0 aliphatic rings. The third kappa shape index (κ3) is 3.50. The van der Waals surface area contributed by atoms with Crippen molar-refractivity contribution in [2.24, 2.45) is 5.73 Å². The molecule has 0 saturated heterocycles. The molecule has 2 rings (SSSR count). The van der Waals surface area contributed by atoms with Gasteiger partial charge in [0.2, 0.25) is 0 Å². The van der Waals surface area contributed by atoms with Crippen LogP contribution in [0.1, 0.15) is 17.8 Å². The highest BCUT2D eigenvalue weighted by molar-refractivity contribution is 8.01. The standard InChI is InChI=1S/C13H14N2O2S2/c1-9(15(17)13(14)16)11-7-8-12(19-11)18-10-5-3-2-4-6-10/h2-9,17H,1H3,(H2,14,16). The molecule has 1 heterocycles. The Labute approximate surface area is 119 Å². The third-order valence-electron chi connectivity index (χ3n) is 2.57. The number of hydrogen-bond acceptors (Lipinski definition) is 4. The monoisotopic (exact) mass is 294 g/mol. The van der Waals surface area contributed by atoms with E-state index < -0.39 is 12.1 Å². The van der Waals surface area contributed by atoms with Crippen LogP contribution in [0.15, 0.2) is 51.6 Å². The van der Waals surface area contributed by atoms with E-state index in [0.717, 1.165) is 14.0 Å². The summed E-state index contributed by atoms with van der Waals surface area (Å²) in [7, 11) is 0. The lowest BCUT2D eigenvalue weighted by Gasteiger charge is -2.18. The summed E-state index contributed by atoms with van der Waals surface area (Å²) in [5, 5.41) is 10.1. The molecule has 0 spiro atoms. The van der Waals surface area contributed by atoms with Gasteiger partial charge in [-0.25, -0.2) is 4.79 Å². The van der Waals surface area contributed by atoms with E-state index >= 15 is 0 Å². The first kappa shape index (κ1) is 13.9. The lowest BCUT2D eigenvalue weighted by molar-refractivity contribution is -0.0700. The second-order valence-corrected chi connectivity index (χ2v) is 6.42. The fraction of sp³-hybridized carbons (Fsp3) is 0.154. The Morgan fingerprint density at radius 3 is 2.63 bits per heavy atom. The molecule has 0 bridgehead atoms. The highest BCUT2D eigenvalue weighted by Crippen LogP contribution is 2.36. The van der Waals surface area contributed by atoms with Crippen molar-refractivity contribution in [2.45, 2.75) is 22.1 Å². The summed E-state index contributed by atoms with van der Waals surface area (Å²) in [6, 6.07) is 12.6. The first-order valence-corrected chi connectivity index (χ1v) is 7.31. The van der Waals surface area contributed by atoms with E-state index in [1.54, 1.807) is 18.7 Å². The van der Waals surface area contributed by atoms with E-state index in [-0.39, 0.29) is 0 Å². The number of nitrogens with two attached hydrogens (primary N) is 1. The van der Waals surface area contributed by atoms with Gasteiger partial charge in [0.25, 0.3) is 0 Å². The Morgan fingerprint density at radius 1 is 1.32 bits per heavy atom. The van der Waals surface area contributed by atoms with Crippen molar-refractivity contribution in [3.63, 3.8) is 0 Å². The van der Waals surface area contributed by atoms with Crippen LogP contribution in [0.4, 0.5) is 4.79 Å². The molecule has 0 radical (unpaired) electrons. The quantitative estimate of drug-likeness (QED) is 0.667. The van der Waals surface area contributed by atoms with Gasteiger partial charge in [-0.3, -0.25) is 5.21 Å². The van der Waals surface area contributed by atoms with Crippen LogP contribution in [0.3, 0.4) is 0 Å². The number of carbonyl (C=O) groups is 1. The molecule has 0 fully saturated rings.